The first kappa shape index (κ1) is 12.6. The minimum absolute atomic E-state index is 0.222. The van der Waals surface area contributed by atoms with E-state index in [0.29, 0.717) is 0 Å². The molecule has 0 saturated heterocycles. The highest BCUT2D eigenvalue weighted by atomic mass is 32.2. The summed E-state index contributed by atoms with van der Waals surface area (Å²) in [4.78, 5) is 0. The van der Waals surface area contributed by atoms with E-state index in [1.54, 1.807) is 11.8 Å². The Morgan fingerprint density at radius 1 is 1.27 bits per heavy atom. The number of anilines is 1. The van der Waals surface area contributed by atoms with Gasteiger partial charge in [-0.05, 0) is 38.5 Å². The summed E-state index contributed by atoms with van der Waals surface area (Å²) in [6, 6.07) is 3.95. The number of nitrogens with zero attached hydrogens (tertiary/aromatic N) is 2. The van der Waals surface area contributed by atoms with E-state index in [9.17, 15) is 0 Å². The van der Waals surface area contributed by atoms with Crippen molar-refractivity contribution in [2.24, 2.45) is 0 Å². The molecule has 0 aliphatic rings. The van der Waals surface area contributed by atoms with Crippen LogP contribution < -0.4 is 5.32 Å². The smallest absolute Gasteiger partial charge is 0.148 e. The molecule has 0 spiro atoms. The average molecular weight is 243 g/mol. The van der Waals surface area contributed by atoms with Crippen molar-refractivity contribution in [3.05, 3.63) is 12.1 Å². The van der Waals surface area contributed by atoms with Crippen molar-refractivity contribution in [1.29, 1.82) is 0 Å². The van der Waals surface area contributed by atoms with Crippen LogP contribution in [0.5, 0.6) is 0 Å². The summed E-state index contributed by atoms with van der Waals surface area (Å²) >= 11 is 3.44. The molecule has 15 heavy (non-hydrogen) atoms. The van der Waals surface area contributed by atoms with Gasteiger partial charge in [0, 0.05) is 11.3 Å². The lowest BCUT2D eigenvalue weighted by Gasteiger charge is -2.22. The van der Waals surface area contributed by atoms with Gasteiger partial charge in [-0.3, -0.25) is 0 Å². The van der Waals surface area contributed by atoms with Crippen molar-refractivity contribution < 1.29 is 0 Å². The largest absolute Gasteiger partial charge is 0.367 e. The number of hydrogen-bond donors (Lipinski definition) is 1. The minimum Gasteiger partial charge on any atom is -0.367 e. The van der Waals surface area contributed by atoms with Gasteiger partial charge in [-0.15, -0.1) is 22.0 Å². The quantitative estimate of drug-likeness (QED) is 0.805. The Labute approximate surface area is 99.8 Å². The van der Waals surface area contributed by atoms with Crippen molar-refractivity contribution >= 4 is 29.3 Å². The second-order valence-electron chi connectivity index (χ2n) is 3.78. The summed E-state index contributed by atoms with van der Waals surface area (Å²) in [6.07, 6.45) is 4.11. The first-order valence-corrected chi connectivity index (χ1v) is 7.19. The van der Waals surface area contributed by atoms with Crippen molar-refractivity contribution in [2.75, 3.05) is 24.4 Å². The van der Waals surface area contributed by atoms with Gasteiger partial charge in [-0.2, -0.15) is 11.8 Å². The second-order valence-corrected chi connectivity index (χ2v) is 6.12. The molecule has 1 heterocycles. The molecule has 0 fully saturated rings. The molecule has 0 radical (unpaired) electrons. The van der Waals surface area contributed by atoms with Crippen LogP contribution in [-0.4, -0.2) is 34.0 Å². The first-order valence-electron chi connectivity index (χ1n) is 4.74. The molecule has 0 amide bonds. The molecule has 0 bridgehead atoms. The molecule has 5 heteroatoms. The number of thioether (sulfide) groups is 2. The zero-order valence-corrected chi connectivity index (χ0v) is 11.2. The van der Waals surface area contributed by atoms with Gasteiger partial charge in [0.2, 0.25) is 0 Å². The molecular weight excluding hydrogens is 226 g/mol. The summed E-state index contributed by atoms with van der Waals surface area (Å²) in [7, 11) is 0. The van der Waals surface area contributed by atoms with Gasteiger partial charge < -0.3 is 5.32 Å². The summed E-state index contributed by atoms with van der Waals surface area (Å²) in [5.41, 5.74) is 0. The minimum atomic E-state index is 0.222. The summed E-state index contributed by atoms with van der Waals surface area (Å²) in [6.45, 7) is 5.30. The van der Waals surface area contributed by atoms with Gasteiger partial charge in [0.25, 0.3) is 0 Å². The Balaban J connectivity index is 2.51. The number of aromatic nitrogens is 2. The molecule has 0 atom stereocenters. The van der Waals surface area contributed by atoms with E-state index in [4.69, 9.17) is 0 Å². The van der Waals surface area contributed by atoms with Crippen LogP contribution in [0.4, 0.5) is 5.82 Å². The van der Waals surface area contributed by atoms with Crippen LogP contribution in [0.15, 0.2) is 17.2 Å². The molecule has 0 aliphatic carbocycles. The highest BCUT2D eigenvalue weighted by Crippen LogP contribution is 2.21. The Morgan fingerprint density at radius 3 is 2.47 bits per heavy atom. The third-order valence-electron chi connectivity index (χ3n) is 2.10. The van der Waals surface area contributed by atoms with Crippen LogP contribution in [0.2, 0.25) is 0 Å². The van der Waals surface area contributed by atoms with E-state index < -0.39 is 0 Å². The lowest BCUT2D eigenvalue weighted by atomic mass is 10.2. The van der Waals surface area contributed by atoms with Crippen molar-refractivity contribution in [3.63, 3.8) is 0 Å². The van der Waals surface area contributed by atoms with Crippen LogP contribution in [0, 0.1) is 0 Å². The second kappa shape index (κ2) is 5.61. The summed E-state index contributed by atoms with van der Waals surface area (Å²) < 4.78 is 0.222. The maximum atomic E-state index is 4.10. The Hall–Kier alpha value is -0.420. The van der Waals surface area contributed by atoms with E-state index in [1.807, 2.05) is 30.2 Å². The number of rotatable bonds is 5. The predicted molar refractivity (Wildman–Crippen MR) is 69.9 cm³/mol. The molecular formula is C10H17N3S2. The molecule has 3 nitrogen and oxygen atoms in total. The first-order chi connectivity index (χ1) is 7.07. The Morgan fingerprint density at radius 2 is 2.00 bits per heavy atom. The van der Waals surface area contributed by atoms with Gasteiger partial charge in [-0.1, -0.05) is 0 Å². The molecule has 0 unspecified atom stereocenters. The van der Waals surface area contributed by atoms with Gasteiger partial charge in [-0.25, -0.2) is 0 Å². The van der Waals surface area contributed by atoms with E-state index >= 15 is 0 Å². The molecule has 0 aromatic carbocycles. The van der Waals surface area contributed by atoms with Gasteiger partial charge in [0.05, 0.1) is 0 Å². The van der Waals surface area contributed by atoms with E-state index in [0.717, 1.165) is 17.4 Å². The average Bonchev–Trinajstić information content (AvgIpc) is 2.27. The van der Waals surface area contributed by atoms with Gasteiger partial charge in [0.15, 0.2) is 0 Å². The summed E-state index contributed by atoms with van der Waals surface area (Å²) in [5.74, 6) is 0.843. The molecule has 84 valence electrons. The molecule has 0 aliphatic heterocycles. The number of hydrogen-bond acceptors (Lipinski definition) is 5. The van der Waals surface area contributed by atoms with Crippen molar-refractivity contribution in [1.82, 2.24) is 10.2 Å². The zero-order valence-electron chi connectivity index (χ0n) is 9.57. The fourth-order valence-corrected chi connectivity index (χ4v) is 1.44. The van der Waals surface area contributed by atoms with Crippen LogP contribution in [0.1, 0.15) is 13.8 Å². The van der Waals surface area contributed by atoms with Gasteiger partial charge >= 0.3 is 0 Å². The maximum Gasteiger partial charge on any atom is 0.148 e. The molecule has 1 aromatic heterocycles. The zero-order chi connectivity index (χ0) is 11.3. The SMILES string of the molecule is CSc1ccc(NCC(C)(C)SC)nn1. The lowest BCUT2D eigenvalue weighted by molar-refractivity contribution is 0.746. The highest BCUT2D eigenvalue weighted by molar-refractivity contribution is 8.00. The van der Waals surface area contributed by atoms with Crippen LogP contribution in [0.25, 0.3) is 0 Å². The molecule has 0 saturated carbocycles. The number of nitrogens with one attached hydrogen (secondary N) is 1. The fraction of sp³-hybridized carbons (Fsp3) is 0.600. The van der Waals surface area contributed by atoms with Gasteiger partial charge in [0.1, 0.15) is 10.8 Å². The standard InChI is InChI=1S/C10H17N3S2/c1-10(2,15-4)7-11-8-5-6-9(14-3)13-12-8/h5-6H,7H2,1-4H3,(H,11,12). The molecule has 1 N–H and O–H groups in total. The third kappa shape index (κ3) is 4.30. The Bertz CT molecular complexity index is 298. The van der Waals surface area contributed by atoms with E-state index in [2.05, 4.69) is 35.6 Å². The molecule has 1 aromatic rings. The van der Waals surface area contributed by atoms with Crippen LogP contribution in [0.3, 0.4) is 0 Å². The van der Waals surface area contributed by atoms with Crippen LogP contribution in [-0.2, 0) is 0 Å². The Kier molecular flexibility index (Phi) is 4.73. The van der Waals surface area contributed by atoms with Crippen LogP contribution >= 0.6 is 23.5 Å². The van der Waals surface area contributed by atoms with E-state index in [-0.39, 0.29) is 4.75 Å². The lowest BCUT2D eigenvalue weighted by Crippen LogP contribution is -2.26. The topological polar surface area (TPSA) is 37.8 Å². The fourth-order valence-electron chi connectivity index (χ4n) is 0.899. The van der Waals surface area contributed by atoms with Crippen molar-refractivity contribution in [3.8, 4) is 0 Å². The highest BCUT2D eigenvalue weighted by Gasteiger charge is 2.15. The monoisotopic (exact) mass is 243 g/mol. The third-order valence-corrected chi connectivity index (χ3v) is 3.98. The molecule has 1 rings (SSSR count). The van der Waals surface area contributed by atoms with E-state index in [1.165, 1.54) is 0 Å². The normalized spacial score (nSPS) is 11.5. The maximum absolute atomic E-state index is 4.10. The predicted octanol–water partition coefficient (Wildman–Crippen LogP) is 2.75. The summed E-state index contributed by atoms with van der Waals surface area (Å²) in [5, 5.41) is 12.4. The van der Waals surface area contributed by atoms with Crippen molar-refractivity contribution in [2.45, 2.75) is 23.6 Å².